The van der Waals surface area contributed by atoms with Gasteiger partial charge in [-0.2, -0.15) is 0 Å². The minimum Gasteiger partial charge on any atom is -0.456 e. The Kier molecular flexibility index (Phi) is 5.90. The second-order valence-electron chi connectivity index (χ2n) is 4.71. The first-order valence-corrected chi connectivity index (χ1v) is 8.03. The number of nitrogens with one attached hydrogen (secondary N) is 1. The van der Waals surface area contributed by atoms with Gasteiger partial charge in [0.05, 0.1) is 4.88 Å². The lowest BCUT2D eigenvalue weighted by molar-refractivity contribution is -0.144. The van der Waals surface area contributed by atoms with E-state index in [0.717, 1.165) is 0 Å². The summed E-state index contributed by atoms with van der Waals surface area (Å²) in [6.07, 6.45) is 0. The fraction of sp³-hybridized carbons (Fsp3) is 0.188. The van der Waals surface area contributed by atoms with E-state index in [9.17, 15) is 14.4 Å². The molecule has 2 rings (SSSR count). The molecule has 0 saturated heterocycles. The molecule has 1 unspecified atom stereocenters. The van der Waals surface area contributed by atoms with Crippen LogP contribution in [0.25, 0.3) is 0 Å². The van der Waals surface area contributed by atoms with Gasteiger partial charge in [0.2, 0.25) is 0 Å². The second kappa shape index (κ2) is 7.89. The number of amides is 1. The summed E-state index contributed by atoms with van der Waals surface area (Å²) >= 11 is 7.01. The van der Waals surface area contributed by atoms with Crippen LogP contribution in [0.4, 0.5) is 0 Å². The molecule has 5 nitrogen and oxygen atoms in total. The van der Waals surface area contributed by atoms with Crippen LogP contribution in [-0.2, 0) is 9.53 Å². The molecule has 1 atom stereocenters. The van der Waals surface area contributed by atoms with Crippen molar-refractivity contribution >= 4 is 40.6 Å². The van der Waals surface area contributed by atoms with Gasteiger partial charge in [0.1, 0.15) is 6.04 Å². The number of ketones is 1. The summed E-state index contributed by atoms with van der Waals surface area (Å²) in [5, 5.41) is 4.80. The van der Waals surface area contributed by atoms with Crippen LogP contribution in [0.15, 0.2) is 41.8 Å². The summed E-state index contributed by atoms with van der Waals surface area (Å²) in [6, 6.07) is 8.83. The minimum atomic E-state index is -0.845. The smallest absolute Gasteiger partial charge is 0.328 e. The van der Waals surface area contributed by atoms with Gasteiger partial charge in [-0.1, -0.05) is 17.7 Å². The number of rotatable bonds is 6. The van der Waals surface area contributed by atoms with Gasteiger partial charge in [-0.3, -0.25) is 9.59 Å². The zero-order valence-electron chi connectivity index (χ0n) is 12.2. The van der Waals surface area contributed by atoms with Crippen LogP contribution in [0, 0.1) is 0 Å². The van der Waals surface area contributed by atoms with Crippen LogP contribution >= 0.6 is 22.9 Å². The van der Waals surface area contributed by atoms with Gasteiger partial charge < -0.3 is 10.1 Å². The number of Topliss-reactive ketones (excluding diaryl/α,β-unsaturated/α-hetero) is 1. The first-order valence-electron chi connectivity index (χ1n) is 6.77. The minimum absolute atomic E-state index is 0.341. The van der Waals surface area contributed by atoms with Crippen LogP contribution in [0.5, 0.6) is 0 Å². The largest absolute Gasteiger partial charge is 0.456 e. The average molecular weight is 352 g/mol. The van der Waals surface area contributed by atoms with E-state index in [2.05, 4.69) is 5.32 Å². The van der Waals surface area contributed by atoms with E-state index in [1.165, 1.54) is 18.3 Å². The van der Waals surface area contributed by atoms with Crippen LogP contribution in [0.1, 0.15) is 27.0 Å². The molecule has 0 aliphatic rings. The molecule has 0 aliphatic carbocycles. The van der Waals surface area contributed by atoms with Crippen LogP contribution in [0.2, 0.25) is 5.02 Å². The van der Waals surface area contributed by atoms with Crippen molar-refractivity contribution in [3.05, 3.63) is 57.2 Å². The lowest BCUT2D eigenvalue weighted by Crippen LogP contribution is -2.39. The molecule has 120 valence electrons. The lowest BCUT2D eigenvalue weighted by atomic mass is 10.1. The van der Waals surface area contributed by atoms with Gasteiger partial charge in [-0.25, -0.2) is 4.79 Å². The van der Waals surface area contributed by atoms with Crippen LogP contribution in [0.3, 0.4) is 0 Å². The molecular formula is C16H14ClNO4S. The molecule has 0 spiro atoms. The zero-order chi connectivity index (χ0) is 16.8. The molecule has 1 aromatic carbocycles. The van der Waals surface area contributed by atoms with Crippen molar-refractivity contribution in [3.63, 3.8) is 0 Å². The maximum atomic E-state index is 11.9. The van der Waals surface area contributed by atoms with Crippen molar-refractivity contribution < 1.29 is 19.1 Å². The van der Waals surface area contributed by atoms with E-state index in [1.807, 2.05) is 0 Å². The van der Waals surface area contributed by atoms with Gasteiger partial charge >= 0.3 is 5.97 Å². The maximum Gasteiger partial charge on any atom is 0.328 e. The quantitative estimate of drug-likeness (QED) is 0.641. The number of thiophene rings is 1. The predicted molar refractivity (Wildman–Crippen MR) is 88.0 cm³/mol. The molecule has 1 N–H and O–H groups in total. The molecule has 23 heavy (non-hydrogen) atoms. The summed E-state index contributed by atoms with van der Waals surface area (Å²) in [5.74, 6) is -1.36. The first kappa shape index (κ1) is 17.2. The topological polar surface area (TPSA) is 72.5 Å². The van der Waals surface area contributed by atoms with Crippen molar-refractivity contribution in [2.75, 3.05) is 6.61 Å². The molecular weight excluding hydrogens is 338 g/mol. The van der Waals surface area contributed by atoms with E-state index < -0.39 is 12.0 Å². The van der Waals surface area contributed by atoms with Gasteiger partial charge in [-0.15, -0.1) is 11.3 Å². The first-order chi connectivity index (χ1) is 11.0. The SMILES string of the molecule is CC(NC(=O)c1cccs1)C(=O)OCC(=O)c1ccc(Cl)cc1. The summed E-state index contributed by atoms with van der Waals surface area (Å²) in [5.41, 5.74) is 0.400. The highest BCUT2D eigenvalue weighted by molar-refractivity contribution is 7.12. The Hall–Kier alpha value is -2.18. The average Bonchev–Trinajstić information content (AvgIpc) is 3.07. The van der Waals surface area contributed by atoms with Gasteiger partial charge in [0.15, 0.2) is 12.4 Å². The zero-order valence-corrected chi connectivity index (χ0v) is 13.8. The van der Waals surface area contributed by atoms with Gasteiger partial charge in [-0.05, 0) is 42.6 Å². The number of hydrogen-bond acceptors (Lipinski definition) is 5. The second-order valence-corrected chi connectivity index (χ2v) is 6.09. The standard InChI is InChI=1S/C16H14ClNO4S/c1-10(18-15(20)14-3-2-8-23-14)16(21)22-9-13(19)11-4-6-12(17)7-5-11/h2-8,10H,9H2,1H3,(H,18,20). The molecule has 0 bridgehead atoms. The molecule has 1 heterocycles. The van der Waals surface area contributed by atoms with Crippen molar-refractivity contribution in [3.8, 4) is 0 Å². The third-order valence-corrected chi connectivity index (χ3v) is 4.08. The number of carbonyl (C=O) groups excluding carboxylic acids is 3. The van der Waals surface area contributed by atoms with Crippen LogP contribution in [-0.4, -0.2) is 30.3 Å². The summed E-state index contributed by atoms with van der Waals surface area (Å²) in [6.45, 7) is 1.11. The Balaban J connectivity index is 1.83. The fourth-order valence-corrected chi connectivity index (χ4v) is 2.47. The Labute approximate surface area is 142 Å². The number of carbonyl (C=O) groups is 3. The predicted octanol–water partition coefficient (Wildman–Crippen LogP) is 2.95. The molecule has 0 saturated carbocycles. The maximum absolute atomic E-state index is 11.9. The third-order valence-electron chi connectivity index (χ3n) is 2.96. The van der Waals surface area contributed by atoms with Crippen molar-refractivity contribution in [1.82, 2.24) is 5.32 Å². The highest BCUT2D eigenvalue weighted by Crippen LogP contribution is 2.10. The molecule has 1 aromatic heterocycles. The third kappa shape index (κ3) is 4.91. The Morgan fingerprint density at radius 3 is 2.52 bits per heavy atom. The summed E-state index contributed by atoms with van der Waals surface area (Å²) in [4.78, 5) is 36.0. The van der Waals surface area contributed by atoms with Gasteiger partial charge in [0.25, 0.3) is 5.91 Å². The van der Waals surface area contributed by atoms with E-state index >= 15 is 0 Å². The monoisotopic (exact) mass is 351 g/mol. The summed E-state index contributed by atoms with van der Waals surface area (Å²) in [7, 11) is 0. The Morgan fingerprint density at radius 2 is 1.91 bits per heavy atom. The number of hydrogen-bond donors (Lipinski definition) is 1. The molecule has 0 aliphatic heterocycles. The Bertz CT molecular complexity index is 697. The number of benzene rings is 1. The van der Waals surface area contributed by atoms with E-state index in [-0.39, 0.29) is 18.3 Å². The lowest BCUT2D eigenvalue weighted by Gasteiger charge is -2.12. The van der Waals surface area contributed by atoms with Crippen molar-refractivity contribution in [2.45, 2.75) is 13.0 Å². The fourth-order valence-electron chi connectivity index (χ4n) is 1.72. The Morgan fingerprint density at radius 1 is 1.22 bits per heavy atom. The summed E-state index contributed by atoms with van der Waals surface area (Å²) < 4.78 is 4.94. The van der Waals surface area contributed by atoms with E-state index in [4.69, 9.17) is 16.3 Å². The number of ether oxygens (including phenoxy) is 1. The molecule has 1 amide bonds. The highest BCUT2D eigenvalue weighted by atomic mass is 35.5. The van der Waals surface area contributed by atoms with Crippen molar-refractivity contribution in [1.29, 1.82) is 0 Å². The normalized spacial score (nSPS) is 11.6. The van der Waals surface area contributed by atoms with Crippen LogP contribution < -0.4 is 5.32 Å². The van der Waals surface area contributed by atoms with E-state index in [0.29, 0.717) is 15.5 Å². The molecule has 7 heteroatoms. The number of esters is 1. The molecule has 0 radical (unpaired) electrons. The van der Waals surface area contributed by atoms with Crippen molar-refractivity contribution in [2.24, 2.45) is 0 Å². The van der Waals surface area contributed by atoms with Gasteiger partial charge in [0, 0.05) is 10.6 Å². The highest BCUT2D eigenvalue weighted by Gasteiger charge is 2.19. The molecule has 0 fully saturated rings. The number of halogens is 1. The van der Waals surface area contributed by atoms with E-state index in [1.54, 1.807) is 41.8 Å². The molecule has 2 aromatic rings.